The van der Waals surface area contributed by atoms with Crippen LogP contribution in [-0.2, 0) is 24.0 Å². The minimum absolute atomic E-state index is 0.00192. The number of aryl methyl sites for hydroxylation is 1. The van der Waals surface area contributed by atoms with Gasteiger partial charge in [0, 0.05) is 49.2 Å². The van der Waals surface area contributed by atoms with Crippen molar-refractivity contribution < 1.29 is 44.4 Å². The lowest BCUT2D eigenvalue weighted by Crippen LogP contribution is -2.46. The molecule has 0 spiro atoms. The first-order valence-corrected chi connectivity index (χ1v) is 15.8. The van der Waals surface area contributed by atoms with E-state index in [2.05, 4.69) is 22.1 Å². The molecular formula is C36H40N6O9. The average Bonchev–Trinajstić information content (AvgIpc) is 3.05. The van der Waals surface area contributed by atoms with Crippen LogP contribution in [0.2, 0.25) is 0 Å². The van der Waals surface area contributed by atoms with Gasteiger partial charge in [-0.15, -0.1) is 0 Å². The van der Waals surface area contributed by atoms with Crippen molar-refractivity contribution in [3.05, 3.63) is 83.2 Å². The van der Waals surface area contributed by atoms with Crippen molar-refractivity contribution in [3.8, 4) is 23.2 Å². The number of nitrogens with one attached hydrogen (secondary N) is 1. The van der Waals surface area contributed by atoms with Crippen molar-refractivity contribution in [1.29, 1.82) is 0 Å². The number of amides is 1. The summed E-state index contributed by atoms with van der Waals surface area (Å²) in [7, 11) is 0. The number of rotatable bonds is 19. The van der Waals surface area contributed by atoms with Crippen LogP contribution in [-0.4, -0.2) is 134 Å². The lowest BCUT2D eigenvalue weighted by molar-refractivity contribution is -0.143. The molecule has 2 aromatic heterocycles. The monoisotopic (exact) mass is 700 g/mol. The third kappa shape index (κ3) is 14.2. The van der Waals surface area contributed by atoms with Crippen LogP contribution in [0.1, 0.15) is 29.3 Å². The number of benzene rings is 1. The highest BCUT2D eigenvalue weighted by Crippen LogP contribution is 2.24. The van der Waals surface area contributed by atoms with E-state index in [4.69, 9.17) is 15.2 Å². The zero-order valence-corrected chi connectivity index (χ0v) is 28.3. The average molecular weight is 701 g/mol. The van der Waals surface area contributed by atoms with Crippen LogP contribution < -0.4 is 5.32 Å². The van der Waals surface area contributed by atoms with Gasteiger partial charge in [0.25, 0.3) is 0 Å². The predicted octanol–water partition coefficient (Wildman–Crippen LogP) is 2.07. The van der Waals surface area contributed by atoms with Crippen LogP contribution in [0.15, 0.2) is 60.8 Å². The Morgan fingerprint density at radius 3 is 1.82 bits per heavy atom. The molecule has 1 aromatic carbocycles. The van der Waals surface area contributed by atoms with E-state index in [0.29, 0.717) is 16.9 Å². The number of carbonyl (C=O) groups is 5. The molecule has 0 unspecified atom stereocenters. The SMILES string of the molecule is C/C=C\c1cccnc1-c1nc(C#Cc2ccc(NC(=O)CN(CCN(CCN(CC(=O)O)CC(=O)O)CC(=O)O)CC(=O)O)cc2)ccc1C. The van der Waals surface area contributed by atoms with Gasteiger partial charge in [0.2, 0.25) is 5.91 Å². The fourth-order valence-electron chi connectivity index (χ4n) is 4.97. The van der Waals surface area contributed by atoms with Gasteiger partial charge in [0.1, 0.15) is 5.69 Å². The summed E-state index contributed by atoms with van der Waals surface area (Å²) in [5.41, 5.74) is 5.08. The van der Waals surface area contributed by atoms with E-state index >= 15 is 0 Å². The number of carboxylic acid groups (broad SMARTS) is 4. The number of allylic oxidation sites excluding steroid dienone is 1. The van der Waals surface area contributed by atoms with Gasteiger partial charge in [-0.1, -0.05) is 30.2 Å². The standard InChI is InChI=1S/C36H40N6O9/c1-3-5-27-6-4-15-37-36(27)35-25(2)7-11-29(39-35)14-10-26-8-12-28(13-9-26)38-30(43)20-41(22-32(46)47)18-16-40(21-31(44)45)17-19-42(23-33(48)49)24-34(50)51/h3-9,11-13,15H,16-24H2,1-2H3,(H,38,43)(H,44,45)(H,46,47)(H,48,49)(H,50,51)/b5-3-. The second-order valence-electron chi connectivity index (χ2n) is 11.5. The largest absolute Gasteiger partial charge is 0.480 e. The second kappa shape index (κ2) is 19.9. The van der Waals surface area contributed by atoms with E-state index in [1.54, 1.807) is 30.5 Å². The zero-order valence-electron chi connectivity index (χ0n) is 28.3. The van der Waals surface area contributed by atoms with Gasteiger partial charge in [-0.3, -0.25) is 43.7 Å². The van der Waals surface area contributed by atoms with Gasteiger partial charge in [-0.05, 0) is 61.7 Å². The van der Waals surface area contributed by atoms with Crippen LogP contribution in [0.3, 0.4) is 0 Å². The Labute approximate surface area is 294 Å². The number of pyridine rings is 2. The molecule has 268 valence electrons. The highest BCUT2D eigenvalue weighted by atomic mass is 16.4. The number of hydrogen-bond acceptors (Lipinski definition) is 10. The molecule has 51 heavy (non-hydrogen) atoms. The first-order valence-electron chi connectivity index (χ1n) is 15.8. The molecule has 0 radical (unpaired) electrons. The Morgan fingerprint density at radius 2 is 1.25 bits per heavy atom. The van der Waals surface area contributed by atoms with Crippen molar-refractivity contribution in [2.75, 3.05) is 64.2 Å². The number of nitrogens with zero attached hydrogens (tertiary/aromatic N) is 5. The Bertz CT molecular complexity index is 1780. The number of carboxylic acids is 4. The molecule has 2 heterocycles. The van der Waals surface area contributed by atoms with Crippen LogP contribution >= 0.6 is 0 Å². The molecule has 0 atom stereocenters. The summed E-state index contributed by atoms with van der Waals surface area (Å²) in [6.07, 6.45) is 5.63. The minimum Gasteiger partial charge on any atom is -0.480 e. The van der Waals surface area contributed by atoms with Gasteiger partial charge in [0.15, 0.2) is 0 Å². The van der Waals surface area contributed by atoms with E-state index in [1.807, 2.05) is 50.3 Å². The molecule has 0 bridgehead atoms. The summed E-state index contributed by atoms with van der Waals surface area (Å²) in [6, 6.07) is 14.4. The molecule has 0 fully saturated rings. The summed E-state index contributed by atoms with van der Waals surface area (Å²) in [5.74, 6) is 0.776. The summed E-state index contributed by atoms with van der Waals surface area (Å²) in [6.45, 7) is 1.46. The molecular weight excluding hydrogens is 660 g/mol. The second-order valence-corrected chi connectivity index (χ2v) is 11.5. The molecule has 0 aliphatic carbocycles. The number of carbonyl (C=O) groups excluding carboxylic acids is 1. The summed E-state index contributed by atoms with van der Waals surface area (Å²) >= 11 is 0. The van der Waals surface area contributed by atoms with Gasteiger partial charge in [-0.2, -0.15) is 0 Å². The van der Waals surface area contributed by atoms with Crippen LogP contribution in [0.4, 0.5) is 5.69 Å². The van der Waals surface area contributed by atoms with Crippen molar-refractivity contribution in [2.45, 2.75) is 13.8 Å². The van der Waals surface area contributed by atoms with Crippen molar-refractivity contribution in [3.63, 3.8) is 0 Å². The topological polar surface area (TPSA) is 214 Å². The number of aromatic nitrogens is 2. The summed E-state index contributed by atoms with van der Waals surface area (Å²) in [4.78, 5) is 71.1. The molecule has 15 heteroatoms. The van der Waals surface area contributed by atoms with Gasteiger partial charge >= 0.3 is 23.9 Å². The number of aliphatic carboxylic acids is 4. The minimum atomic E-state index is -1.24. The smallest absolute Gasteiger partial charge is 0.317 e. The molecule has 0 aliphatic rings. The van der Waals surface area contributed by atoms with E-state index in [-0.39, 0.29) is 32.7 Å². The molecule has 5 N–H and O–H groups in total. The predicted molar refractivity (Wildman–Crippen MR) is 188 cm³/mol. The zero-order chi connectivity index (χ0) is 37.3. The number of hydrogen-bond donors (Lipinski definition) is 5. The molecule has 1 amide bonds. The summed E-state index contributed by atoms with van der Waals surface area (Å²) < 4.78 is 0. The highest BCUT2D eigenvalue weighted by Gasteiger charge is 2.20. The van der Waals surface area contributed by atoms with Crippen LogP contribution in [0.5, 0.6) is 0 Å². The lowest BCUT2D eigenvalue weighted by Gasteiger charge is -2.27. The highest BCUT2D eigenvalue weighted by molar-refractivity contribution is 5.92. The Hall–Kier alpha value is -5.95. The molecule has 15 nitrogen and oxygen atoms in total. The molecule has 0 aliphatic heterocycles. The number of anilines is 1. The maximum atomic E-state index is 12.9. The maximum absolute atomic E-state index is 12.9. The van der Waals surface area contributed by atoms with Crippen LogP contribution in [0.25, 0.3) is 17.5 Å². The van der Waals surface area contributed by atoms with E-state index in [0.717, 1.165) is 27.4 Å². The van der Waals surface area contributed by atoms with Crippen molar-refractivity contribution in [2.24, 2.45) is 0 Å². The Kier molecular flexibility index (Phi) is 15.4. The lowest BCUT2D eigenvalue weighted by atomic mass is 10.1. The van der Waals surface area contributed by atoms with E-state index < -0.39 is 56.0 Å². The third-order valence-electron chi connectivity index (χ3n) is 7.28. The fourth-order valence-corrected chi connectivity index (χ4v) is 4.97. The van der Waals surface area contributed by atoms with Gasteiger partial charge in [0.05, 0.1) is 44.1 Å². The van der Waals surface area contributed by atoms with Crippen LogP contribution in [0, 0.1) is 18.8 Å². The Morgan fingerprint density at radius 1 is 0.706 bits per heavy atom. The summed E-state index contributed by atoms with van der Waals surface area (Å²) in [5, 5.41) is 39.6. The molecule has 0 saturated heterocycles. The molecule has 0 saturated carbocycles. The maximum Gasteiger partial charge on any atom is 0.317 e. The quantitative estimate of drug-likeness (QED) is 0.113. The first kappa shape index (κ1) is 39.5. The normalized spacial score (nSPS) is 11.1. The first-order chi connectivity index (χ1) is 24.3. The molecule has 3 rings (SSSR count). The third-order valence-corrected chi connectivity index (χ3v) is 7.28. The fraction of sp³-hybridized carbons (Fsp3) is 0.306. The van der Waals surface area contributed by atoms with E-state index in [1.165, 1.54) is 9.80 Å². The van der Waals surface area contributed by atoms with Gasteiger partial charge < -0.3 is 25.7 Å². The molecule has 3 aromatic rings. The van der Waals surface area contributed by atoms with Crippen molar-refractivity contribution in [1.82, 2.24) is 24.7 Å². The van der Waals surface area contributed by atoms with Gasteiger partial charge in [-0.25, -0.2) is 4.98 Å². The Balaban J connectivity index is 1.63. The van der Waals surface area contributed by atoms with Crippen molar-refractivity contribution >= 4 is 41.5 Å². The van der Waals surface area contributed by atoms with E-state index in [9.17, 15) is 34.2 Å².